The molecule has 1 aromatic heterocycles. The Morgan fingerprint density at radius 3 is 2.76 bits per heavy atom. The fourth-order valence-corrected chi connectivity index (χ4v) is 3.35. The number of hydrogen-bond donors (Lipinski definition) is 0. The Bertz CT molecular complexity index is 407. The third-order valence-corrected chi connectivity index (χ3v) is 4.46. The van der Waals surface area contributed by atoms with Crippen LogP contribution in [0.2, 0.25) is 0 Å². The predicted octanol–water partition coefficient (Wildman–Crippen LogP) is 2.94. The predicted molar refractivity (Wildman–Crippen MR) is 68.2 cm³/mol. The highest BCUT2D eigenvalue weighted by molar-refractivity contribution is 7.10. The SMILES string of the molecule is COC(=O)C1(c2nc(CC(C)C)cs2)CCC1. The highest BCUT2D eigenvalue weighted by atomic mass is 32.1. The second-order valence-electron chi connectivity index (χ2n) is 5.17. The van der Waals surface area contributed by atoms with Crippen LogP contribution in [0.1, 0.15) is 43.8 Å². The van der Waals surface area contributed by atoms with Gasteiger partial charge in [-0.2, -0.15) is 0 Å². The lowest BCUT2D eigenvalue weighted by atomic mass is 9.69. The normalized spacial score (nSPS) is 17.9. The third-order valence-electron chi connectivity index (χ3n) is 3.36. The van der Waals surface area contributed by atoms with E-state index in [0.717, 1.165) is 36.4 Å². The number of hydrogen-bond acceptors (Lipinski definition) is 4. The van der Waals surface area contributed by atoms with E-state index in [1.54, 1.807) is 11.3 Å². The molecule has 1 aliphatic carbocycles. The monoisotopic (exact) mass is 253 g/mol. The number of thiazole rings is 1. The van der Waals surface area contributed by atoms with Crippen molar-refractivity contribution in [1.82, 2.24) is 4.98 Å². The van der Waals surface area contributed by atoms with Gasteiger partial charge in [-0.1, -0.05) is 20.3 Å². The molecule has 94 valence electrons. The molecule has 1 saturated carbocycles. The molecule has 0 aliphatic heterocycles. The standard InChI is InChI=1S/C13H19NO2S/c1-9(2)7-10-8-17-11(14-10)13(5-4-6-13)12(15)16-3/h8-9H,4-7H2,1-3H3. The summed E-state index contributed by atoms with van der Waals surface area (Å²) >= 11 is 1.61. The van der Waals surface area contributed by atoms with Crippen LogP contribution in [0.15, 0.2) is 5.38 Å². The second-order valence-corrected chi connectivity index (χ2v) is 6.03. The zero-order chi connectivity index (χ0) is 12.5. The minimum absolute atomic E-state index is 0.116. The van der Waals surface area contributed by atoms with Gasteiger partial charge in [-0.25, -0.2) is 4.98 Å². The van der Waals surface area contributed by atoms with Crippen molar-refractivity contribution in [2.75, 3.05) is 7.11 Å². The average molecular weight is 253 g/mol. The van der Waals surface area contributed by atoms with Crippen molar-refractivity contribution in [2.45, 2.75) is 44.9 Å². The first-order valence-electron chi connectivity index (χ1n) is 6.12. The molecule has 0 aromatic carbocycles. The van der Waals surface area contributed by atoms with Crippen LogP contribution >= 0.6 is 11.3 Å². The molecule has 0 N–H and O–H groups in total. The smallest absolute Gasteiger partial charge is 0.318 e. The van der Waals surface area contributed by atoms with Gasteiger partial charge in [0, 0.05) is 5.38 Å². The number of ether oxygens (including phenoxy) is 1. The van der Waals surface area contributed by atoms with Crippen molar-refractivity contribution in [3.05, 3.63) is 16.1 Å². The molecule has 0 unspecified atom stereocenters. The van der Waals surface area contributed by atoms with Crippen LogP contribution in [0.4, 0.5) is 0 Å². The molecule has 0 saturated heterocycles. The van der Waals surface area contributed by atoms with Gasteiger partial charge in [0.05, 0.1) is 12.8 Å². The lowest BCUT2D eigenvalue weighted by Crippen LogP contribution is -2.43. The van der Waals surface area contributed by atoms with Crippen LogP contribution in [-0.2, 0) is 21.4 Å². The van der Waals surface area contributed by atoms with Gasteiger partial charge in [0.25, 0.3) is 0 Å². The molecule has 3 nitrogen and oxygen atoms in total. The number of nitrogens with zero attached hydrogens (tertiary/aromatic N) is 1. The molecular formula is C13H19NO2S. The minimum Gasteiger partial charge on any atom is -0.468 e. The van der Waals surface area contributed by atoms with Crippen molar-refractivity contribution < 1.29 is 9.53 Å². The molecule has 1 aliphatic rings. The Hall–Kier alpha value is -0.900. The quantitative estimate of drug-likeness (QED) is 0.774. The van der Waals surface area contributed by atoms with Crippen LogP contribution in [0.3, 0.4) is 0 Å². The summed E-state index contributed by atoms with van der Waals surface area (Å²) in [5.74, 6) is 0.481. The van der Waals surface area contributed by atoms with Crippen LogP contribution in [0, 0.1) is 5.92 Å². The van der Waals surface area contributed by atoms with Gasteiger partial charge >= 0.3 is 5.97 Å². The number of esters is 1. The molecule has 1 fully saturated rings. The van der Waals surface area contributed by atoms with E-state index in [9.17, 15) is 4.79 Å². The number of carbonyl (C=O) groups excluding carboxylic acids is 1. The lowest BCUT2D eigenvalue weighted by molar-refractivity contribution is -0.151. The van der Waals surface area contributed by atoms with Crippen LogP contribution in [0.5, 0.6) is 0 Å². The molecule has 0 bridgehead atoms. The first-order valence-corrected chi connectivity index (χ1v) is 7.00. The van der Waals surface area contributed by atoms with Crippen molar-refractivity contribution in [3.8, 4) is 0 Å². The van der Waals surface area contributed by atoms with E-state index in [-0.39, 0.29) is 5.97 Å². The van der Waals surface area contributed by atoms with Crippen LogP contribution in [0.25, 0.3) is 0 Å². The fourth-order valence-electron chi connectivity index (χ4n) is 2.27. The van der Waals surface area contributed by atoms with E-state index < -0.39 is 5.41 Å². The molecule has 0 spiro atoms. The summed E-state index contributed by atoms with van der Waals surface area (Å²) in [6, 6.07) is 0. The van der Waals surface area contributed by atoms with Crippen LogP contribution < -0.4 is 0 Å². The molecule has 0 amide bonds. The Balaban J connectivity index is 2.20. The van der Waals surface area contributed by atoms with Crippen molar-refractivity contribution in [1.29, 1.82) is 0 Å². The Morgan fingerprint density at radius 1 is 1.59 bits per heavy atom. The van der Waals surface area contributed by atoms with Gasteiger partial charge in [0.2, 0.25) is 0 Å². The van der Waals surface area contributed by atoms with Gasteiger partial charge < -0.3 is 4.74 Å². The summed E-state index contributed by atoms with van der Waals surface area (Å²) in [5, 5.41) is 3.03. The first kappa shape index (κ1) is 12.6. The number of rotatable bonds is 4. The summed E-state index contributed by atoms with van der Waals surface area (Å²) in [6.45, 7) is 4.36. The minimum atomic E-state index is -0.422. The molecule has 2 rings (SSSR count). The maximum atomic E-state index is 11.9. The Kier molecular flexibility index (Phi) is 3.52. The molecule has 0 atom stereocenters. The maximum absolute atomic E-state index is 11.9. The zero-order valence-electron chi connectivity index (χ0n) is 10.7. The Labute approximate surface area is 106 Å². The Morgan fingerprint density at radius 2 is 2.29 bits per heavy atom. The van der Waals surface area contributed by atoms with Crippen molar-refractivity contribution >= 4 is 17.3 Å². The van der Waals surface area contributed by atoms with E-state index >= 15 is 0 Å². The summed E-state index contributed by atoms with van der Waals surface area (Å²) in [6.07, 6.45) is 3.84. The third kappa shape index (κ3) is 2.23. The highest BCUT2D eigenvalue weighted by Gasteiger charge is 2.49. The van der Waals surface area contributed by atoms with Gasteiger partial charge in [0.1, 0.15) is 10.4 Å². The average Bonchev–Trinajstić information content (AvgIpc) is 2.63. The first-order chi connectivity index (χ1) is 8.08. The van der Waals surface area contributed by atoms with Gasteiger partial charge in [0.15, 0.2) is 0 Å². The zero-order valence-corrected chi connectivity index (χ0v) is 11.5. The number of methoxy groups -OCH3 is 1. The van der Waals surface area contributed by atoms with Gasteiger partial charge in [-0.05, 0) is 25.2 Å². The summed E-state index contributed by atoms with van der Waals surface area (Å²) in [5.41, 5.74) is 0.685. The summed E-state index contributed by atoms with van der Waals surface area (Å²) < 4.78 is 4.93. The molecule has 0 radical (unpaired) electrons. The van der Waals surface area contributed by atoms with E-state index in [0.29, 0.717) is 5.92 Å². The molecule has 1 aromatic rings. The highest BCUT2D eigenvalue weighted by Crippen LogP contribution is 2.45. The van der Waals surface area contributed by atoms with E-state index in [4.69, 9.17) is 4.74 Å². The maximum Gasteiger partial charge on any atom is 0.318 e. The van der Waals surface area contributed by atoms with Crippen molar-refractivity contribution in [2.24, 2.45) is 5.92 Å². The van der Waals surface area contributed by atoms with E-state index in [1.807, 2.05) is 0 Å². The van der Waals surface area contributed by atoms with E-state index in [2.05, 4.69) is 24.2 Å². The molecule has 4 heteroatoms. The molecule has 1 heterocycles. The fraction of sp³-hybridized carbons (Fsp3) is 0.692. The summed E-state index contributed by atoms with van der Waals surface area (Å²) in [4.78, 5) is 16.5. The largest absolute Gasteiger partial charge is 0.468 e. The lowest BCUT2D eigenvalue weighted by Gasteiger charge is -2.36. The van der Waals surface area contributed by atoms with Gasteiger partial charge in [-0.3, -0.25) is 4.79 Å². The summed E-state index contributed by atoms with van der Waals surface area (Å²) in [7, 11) is 1.46. The molecular weight excluding hydrogens is 234 g/mol. The van der Waals surface area contributed by atoms with Crippen molar-refractivity contribution in [3.63, 3.8) is 0 Å². The topological polar surface area (TPSA) is 39.2 Å². The van der Waals surface area contributed by atoms with Crippen LogP contribution in [-0.4, -0.2) is 18.1 Å². The van der Waals surface area contributed by atoms with Gasteiger partial charge in [-0.15, -0.1) is 11.3 Å². The molecule has 17 heavy (non-hydrogen) atoms. The van der Waals surface area contributed by atoms with E-state index in [1.165, 1.54) is 7.11 Å². The number of carbonyl (C=O) groups is 1. The second kappa shape index (κ2) is 4.77. The number of aromatic nitrogens is 1.